The molecule has 2 fully saturated rings. The van der Waals surface area contributed by atoms with Gasteiger partial charge in [-0.05, 0) is 69.3 Å². The summed E-state index contributed by atoms with van der Waals surface area (Å²) in [5.74, 6) is 1.23. The fourth-order valence-electron chi connectivity index (χ4n) is 5.63. The molecular weight excluding hydrogens is 445 g/mol. The molecule has 0 aromatic carbocycles. The van der Waals surface area contributed by atoms with Gasteiger partial charge in [-0.3, -0.25) is 4.79 Å². The molecule has 35 heavy (non-hydrogen) atoms. The van der Waals surface area contributed by atoms with Crippen molar-refractivity contribution >= 4 is 5.78 Å². The molecule has 0 spiro atoms. The number of hydrogen-bond acceptors (Lipinski definition) is 6. The fourth-order valence-corrected chi connectivity index (χ4v) is 5.63. The van der Waals surface area contributed by atoms with Crippen molar-refractivity contribution in [1.82, 2.24) is 24.9 Å². The number of carbonyl (C=O) groups is 1. The first-order valence-corrected chi connectivity index (χ1v) is 13.4. The summed E-state index contributed by atoms with van der Waals surface area (Å²) in [7, 11) is 1.75. The molecule has 0 amide bonds. The molecule has 3 heterocycles. The Hall–Kier alpha value is -2.35. The molecule has 0 saturated heterocycles. The van der Waals surface area contributed by atoms with Crippen molar-refractivity contribution < 1.29 is 13.9 Å². The Morgan fingerprint density at radius 2 is 1.97 bits per heavy atom. The second kappa shape index (κ2) is 10.7. The van der Waals surface area contributed by atoms with Crippen LogP contribution in [0.5, 0.6) is 5.88 Å². The van der Waals surface area contributed by atoms with E-state index in [1.54, 1.807) is 13.2 Å². The molecule has 0 atom stereocenters. The summed E-state index contributed by atoms with van der Waals surface area (Å²) in [6.07, 6.45) is 11.5. The topological polar surface area (TPSA) is 73.1 Å². The number of ketones is 1. The molecule has 7 nitrogen and oxygen atoms in total. The molecule has 2 aromatic heterocycles. The van der Waals surface area contributed by atoms with Crippen LogP contribution in [0.3, 0.4) is 0 Å². The summed E-state index contributed by atoms with van der Waals surface area (Å²) in [4.78, 5) is 21.1. The maximum atomic E-state index is 15.6. The zero-order chi connectivity index (χ0) is 24.3. The van der Waals surface area contributed by atoms with Crippen molar-refractivity contribution in [3.05, 3.63) is 35.3 Å². The van der Waals surface area contributed by atoms with Crippen molar-refractivity contribution in [2.24, 2.45) is 13.0 Å². The molecule has 2 aliphatic carbocycles. The molecule has 5 rings (SSSR count). The van der Waals surface area contributed by atoms with Gasteiger partial charge in [-0.25, -0.2) is 9.37 Å². The van der Waals surface area contributed by atoms with Gasteiger partial charge in [0.1, 0.15) is 17.6 Å². The Balaban J connectivity index is 1.04. The number of Topliss-reactive ketones (excluding diaryl/α,β-unsaturated/α-hetero) is 1. The van der Waals surface area contributed by atoms with Gasteiger partial charge in [0.15, 0.2) is 0 Å². The van der Waals surface area contributed by atoms with E-state index in [0.29, 0.717) is 43.9 Å². The van der Waals surface area contributed by atoms with Crippen molar-refractivity contribution in [3.63, 3.8) is 0 Å². The van der Waals surface area contributed by atoms with Crippen molar-refractivity contribution in [3.8, 4) is 5.88 Å². The number of hydrogen-bond donors (Lipinski definition) is 0. The summed E-state index contributed by atoms with van der Waals surface area (Å²) in [6, 6.07) is 4.18. The van der Waals surface area contributed by atoms with Crippen molar-refractivity contribution in [1.29, 1.82) is 0 Å². The Labute approximate surface area is 207 Å². The monoisotopic (exact) mass is 483 g/mol. The Kier molecular flexibility index (Phi) is 7.46. The summed E-state index contributed by atoms with van der Waals surface area (Å²) in [6.45, 7) is 2.65. The minimum Gasteiger partial charge on any atom is -0.474 e. The maximum absolute atomic E-state index is 15.6. The van der Waals surface area contributed by atoms with Crippen LogP contribution in [0.1, 0.15) is 74.7 Å². The number of aryl methyl sites for hydroxylation is 1. The number of halogens is 1. The first kappa shape index (κ1) is 24.3. The van der Waals surface area contributed by atoms with Crippen LogP contribution >= 0.6 is 0 Å². The molecule has 190 valence electrons. The zero-order valence-corrected chi connectivity index (χ0v) is 20.9. The van der Waals surface area contributed by atoms with Gasteiger partial charge >= 0.3 is 0 Å². The number of ether oxygens (including phenoxy) is 1. The number of rotatable bonds is 9. The van der Waals surface area contributed by atoms with E-state index in [0.717, 1.165) is 69.7 Å². The summed E-state index contributed by atoms with van der Waals surface area (Å²) in [5, 5.41) is 8.21. The van der Waals surface area contributed by atoms with E-state index in [9.17, 15) is 4.79 Å². The molecule has 8 heteroatoms. The highest BCUT2D eigenvalue weighted by atomic mass is 19.1. The molecule has 0 unspecified atom stereocenters. The lowest BCUT2D eigenvalue weighted by atomic mass is 9.76. The quantitative estimate of drug-likeness (QED) is 0.536. The highest BCUT2D eigenvalue weighted by Gasteiger charge is 2.36. The first-order chi connectivity index (χ1) is 16.9. The predicted molar refractivity (Wildman–Crippen MR) is 131 cm³/mol. The predicted octanol–water partition coefficient (Wildman–Crippen LogP) is 4.03. The minimum absolute atomic E-state index is 0.181. The summed E-state index contributed by atoms with van der Waals surface area (Å²) in [5.41, 5.74) is 2.05. The van der Waals surface area contributed by atoms with Gasteiger partial charge in [0, 0.05) is 51.3 Å². The minimum atomic E-state index is -1.11. The highest BCUT2D eigenvalue weighted by Crippen LogP contribution is 2.39. The van der Waals surface area contributed by atoms with E-state index in [4.69, 9.17) is 9.72 Å². The van der Waals surface area contributed by atoms with Crippen LogP contribution in [0.15, 0.2) is 18.3 Å². The van der Waals surface area contributed by atoms with Gasteiger partial charge in [-0.15, -0.1) is 0 Å². The molecular formula is C27H38FN5O2. The standard InChI is InChI=1S/C27H38FN5O2/c1-32-29-19-22(31-32)18-23(34)17-20-7-11-27(28,12-8-20)13-16-33-14-9-21-5-6-26(30-25(21)10-15-33)35-24-3-2-4-24/h5-6,19-20,24H,2-4,7-18H2,1H3. The number of aromatic nitrogens is 4. The van der Waals surface area contributed by atoms with Gasteiger partial charge in [0.25, 0.3) is 0 Å². The summed E-state index contributed by atoms with van der Waals surface area (Å²) >= 11 is 0. The smallest absolute Gasteiger partial charge is 0.213 e. The van der Waals surface area contributed by atoms with E-state index in [1.165, 1.54) is 16.8 Å². The third-order valence-corrected chi connectivity index (χ3v) is 8.16. The van der Waals surface area contributed by atoms with Crippen molar-refractivity contribution in [2.75, 3.05) is 19.6 Å². The van der Waals surface area contributed by atoms with E-state index in [-0.39, 0.29) is 11.7 Å². The fraction of sp³-hybridized carbons (Fsp3) is 0.704. The van der Waals surface area contributed by atoms with Gasteiger partial charge in [-0.1, -0.05) is 6.07 Å². The van der Waals surface area contributed by atoms with Gasteiger partial charge in [-0.2, -0.15) is 15.0 Å². The van der Waals surface area contributed by atoms with Crippen LogP contribution in [-0.4, -0.2) is 62.1 Å². The van der Waals surface area contributed by atoms with E-state index >= 15 is 4.39 Å². The Bertz CT molecular complexity index is 1010. The Morgan fingerprint density at radius 1 is 1.17 bits per heavy atom. The largest absolute Gasteiger partial charge is 0.474 e. The molecule has 0 N–H and O–H groups in total. The summed E-state index contributed by atoms with van der Waals surface area (Å²) < 4.78 is 21.6. The van der Waals surface area contributed by atoms with Crippen LogP contribution in [0.2, 0.25) is 0 Å². The average molecular weight is 484 g/mol. The second-order valence-electron chi connectivity index (χ2n) is 10.9. The Morgan fingerprint density at radius 3 is 2.69 bits per heavy atom. The highest BCUT2D eigenvalue weighted by molar-refractivity contribution is 5.80. The number of nitrogens with zero attached hydrogens (tertiary/aromatic N) is 5. The van der Waals surface area contributed by atoms with E-state index < -0.39 is 5.67 Å². The maximum Gasteiger partial charge on any atom is 0.213 e. The first-order valence-electron chi connectivity index (χ1n) is 13.4. The SMILES string of the molecule is Cn1ncc(CC(=O)CC2CCC(F)(CCN3CCc4ccc(OC5CCC5)nc4CC3)CC2)n1. The van der Waals surface area contributed by atoms with E-state index in [1.807, 2.05) is 6.07 Å². The van der Waals surface area contributed by atoms with Crippen LogP contribution in [-0.2, 0) is 31.1 Å². The average Bonchev–Trinajstić information content (AvgIpc) is 3.10. The molecule has 2 saturated carbocycles. The van der Waals surface area contributed by atoms with Crippen LogP contribution in [0.25, 0.3) is 0 Å². The zero-order valence-electron chi connectivity index (χ0n) is 20.9. The van der Waals surface area contributed by atoms with Crippen LogP contribution in [0.4, 0.5) is 4.39 Å². The number of fused-ring (bicyclic) bond motifs is 1. The third-order valence-electron chi connectivity index (χ3n) is 8.16. The molecule has 3 aliphatic rings. The van der Waals surface area contributed by atoms with Gasteiger partial charge in [0.2, 0.25) is 5.88 Å². The lowest BCUT2D eigenvalue weighted by Gasteiger charge is -2.35. The van der Waals surface area contributed by atoms with Gasteiger partial charge < -0.3 is 9.64 Å². The molecule has 1 aliphatic heterocycles. The van der Waals surface area contributed by atoms with Gasteiger partial charge in [0.05, 0.1) is 18.3 Å². The third kappa shape index (κ3) is 6.46. The van der Waals surface area contributed by atoms with E-state index in [2.05, 4.69) is 21.2 Å². The van der Waals surface area contributed by atoms with Crippen molar-refractivity contribution in [2.45, 2.75) is 88.8 Å². The molecule has 2 aromatic rings. The molecule has 0 radical (unpaired) electrons. The normalized spacial score (nSPS) is 25.5. The lowest BCUT2D eigenvalue weighted by Crippen LogP contribution is -2.36. The number of carbonyl (C=O) groups excluding carboxylic acids is 1. The number of pyridine rings is 1. The lowest BCUT2D eigenvalue weighted by molar-refractivity contribution is -0.119. The second-order valence-corrected chi connectivity index (χ2v) is 10.9. The van der Waals surface area contributed by atoms with Crippen LogP contribution in [0, 0.1) is 5.92 Å². The number of alkyl halides is 1. The van der Waals surface area contributed by atoms with Crippen LogP contribution < -0.4 is 4.74 Å². The molecule has 0 bridgehead atoms.